The second-order valence-corrected chi connectivity index (χ2v) is 9.04. The summed E-state index contributed by atoms with van der Waals surface area (Å²) in [6.45, 7) is 5.41. The van der Waals surface area contributed by atoms with E-state index >= 15 is 0 Å². The molecule has 0 spiro atoms. The lowest BCUT2D eigenvalue weighted by atomic mass is 9.71. The van der Waals surface area contributed by atoms with E-state index < -0.39 is 35.7 Å². The van der Waals surface area contributed by atoms with Crippen LogP contribution >= 0.6 is 0 Å². The number of carbonyl (C=O) groups is 3. The van der Waals surface area contributed by atoms with Crippen molar-refractivity contribution in [2.45, 2.75) is 57.9 Å². The smallest absolute Gasteiger partial charge is 0.411 e. The lowest BCUT2D eigenvalue weighted by Gasteiger charge is -2.49. The Kier molecular flexibility index (Phi) is 6.19. The molecule has 2 bridgehead atoms. The summed E-state index contributed by atoms with van der Waals surface area (Å²) in [6, 6.07) is 7.83. The van der Waals surface area contributed by atoms with Gasteiger partial charge in [0, 0.05) is 25.9 Å². The number of ketones is 1. The Balaban J connectivity index is 1.89. The number of hydrogen-bond acceptors (Lipinski definition) is 6. The van der Waals surface area contributed by atoms with Gasteiger partial charge in [0.25, 0.3) is 0 Å². The summed E-state index contributed by atoms with van der Waals surface area (Å²) in [6.07, 6.45) is 2.29. The van der Waals surface area contributed by atoms with Crippen LogP contribution in [0.1, 0.15) is 39.2 Å². The van der Waals surface area contributed by atoms with E-state index in [1.54, 1.807) is 31.9 Å². The molecule has 3 aliphatic rings. The maximum absolute atomic E-state index is 13.1. The van der Waals surface area contributed by atoms with Crippen LogP contribution in [0.3, 0.4) is 0 Å². The van der Waals surface area contributed by atoms with Crippen LogP contribution in [-0.2, 0) is 25.7 Å². The zero-order valence-corrected chi connectivity index (χ0v) is 18.3. The molecule has 1 saturated carbocycles. The first-order chi connectivity index (χ1) is 14.1. The molecule has 3 atom stereocenters. The largest absolute Gasteiger partial charge is 0.459 e. The number of esters is 1. The summed E-state index contributed by atoms with van der Waals surface area (Å²) in [5.74, 6) is -1.30. The van der Waals surface area contributed by atoms with Crippen molar-refractivity contribution in [3.8, 4) is 0 Å². The molecule has 30 heavy (non-hydrogen) atoms. The topological polar surface area (TPSA) is 76.2 Å². The van der Waals surface area contributed by atoms with Gasteiger partial charge >= 0.3 is 12.1 Å². The zero-order chi connectivity index (χ0) is 22.1. The van der Waals surface area contributed by atoms with Crippen LogP contribution in [0.15, 0.2) is 42.1 Å². The number of amides is 1. The molecule has 0 aromatic heterocycles. The van der Waals surface area contributed by atoms with Gasteiger partial charge in [-0.15, -0.1) is 0 Å². The number of carbonyl (C=O) groups excluding carboxylic acids is 3. The van der Waals surface area contributed by atoms with Gasteiger partial charge < -0.3 is 14.4 Å². The van der Waals surface area contributed by atoms with Crippen LogP contribution in [0.4, 0.5) is 4.79 Å². The van der Waals surface area contributed by atoms with Crippen LogP contribution in [0, 0.1) is 5.92 Å². The van der Waals surface area contributed by atoms with Crippen molar-refractivity contribution in [1.82, 2.24) is 9.80 Å². The minimum atomic E-state index is -0.978. The van der Waals surface area contributed by atoms with Crippen molar-refractivity contribution < 1.29 is 23.9 Å². The van der Waals surface area contributed by atoms with E-state index in [4.69, 9.17) is 9.47 Å². The van der Waals surface area contributed by atoms with Gasteiger partial charge in [-0.05, 0) is 39.2 Å². The minimum Gasteiger partial charge on any atom is -0.459 e. The SMILES string of the molecule is CN(C)/C=C1/C(=O)[C@H]2CC[C@@H]1N(C(=O)OC(C)(C)C)[C@H]2C(=O)OCc1ccccc1. The van der Waals surface area contributed by atoms with Crippen molar-refractivity contribution in [2.75, 3.05) is 14.1 Å². The Morgan fingerprint density at radius 3 is 2.43 bits per heavy atom. The second kappa shape index (κ2) is 8.50. The van der Waals surface area contributed by atoms with E-state index in [9.17, 15) is 14.4 Å². The van der Waals surface area contributed by atoms with E-state index in [2.05, 4.69) is 0 Å². The summed E-state index contributed by atoms with van der Waals surface area (Å²) in [5.41, 5.74) is 0.659. The Bertz CT molecular complexity index is 841. The first-order valence-corrected chi connectivity index (χ1v) is 10.2. The highest BCUT2D eigenvalue weighted by Crippen LogP contribution is 2.42. The molecule has 3 fully saturated rings. The highest BCUT2D eigenvalue weighted by atomic mass is 16.6. The maximum atomic E-state index is 13.1. The van der Waals surface area contributed by atoms with Crippen LogP contribution < -0.4 is 0 Å². The van der Waals surface area contributed by atoms with Crippen molar-refractivity contribution in [2.24, 2.45) is 5.92 Å². The molecule has 2 saturated heterocycles. The zero-order valence-electron chi connectivity index (χ0n) is 18.3. The average molecular weight is 415 g/mol. The third kappa shape index (κ3) is 4.66. The molecule has 0 N–H and O–H groups in total. The minimum absolute atomic E-state index is 0.0876. The number of rotatable bonds is 4. The molecule has 162 valence electrons. The van der Waals surface area contributed by atoms with Crippen LogP contribution in [0.5, 0.6) is 0 Å². The Labute approximate surface area is 177 Å². The fraction of sp³-hybridized carbons (Fsp3) is 0.522. The molecular weight excluding hydrogens is 384 g/mol. The lowest BCUT2D eigenvalue weighted by molar-refractivity contribution is -0.161. The van der Waals surface area contributed by atoms with Gasteiger partial charge in [-0.2, -0.15) is 0 Å². The molecule has 0 radical (unpaired) electrons. The Morgan fingerprint density at radius 2 is 1.83 bits per heavy atom. The average Bonchev–Trinajstić information content (AvgIpc) is 2.67. The van der Waals surface area contributed by atoms with Gasteiger partial charge in [0.2, 0.25) is 0 Å². The number of Topliss-reactive ketones (excluding diaryl/α,β-unsaturated/α-hetero) is 1. The first-order valence-electron chi connectivity index (χ1n) is 10.2. The highest BCUT2D eigenvalue weighted by molar-refractivity contribution is 6.05. The molecule has 1 aromatic carbocycles. The van der Waals surface area contributed by atoms with Gasteiger partial charge in [0.05, 0.1) is 12.0 Å². The van der Waals surface area contributed by atoms with Gasteiger partial charge in [-0.1, -0.05) is 30.3 Å². The molecule has 7 nitrogen and oxygen atoms in total. The van der Waals surface area contributed by atoms with E-state index in [0.717, 1.165) is 5.56 Å². The van der Waals surface area contributed by atoms with Crippen LogP contribution in [-0.4, -0.2) is 59.4 Å². The van der Waals surface area contributed by atoms with Gasteiger partial charge in [0.1, 0.15) is 18.2 Å². The fourth-order valence-electron chi connectivity index (χ4n) is 4.06. The number of ether oxygens (including phenoxy) is 2. The van der Waals surface area contributed by atoms with Gasteiger partial charge in [-0.25, -0.2) is 9.59 Å². The first kappa shape index (κ1) is 21.9. The maximum Gasteiger partial charge on any atom is 0.411 e. The Morgan fingerprint density at radius 1 is 1.17 bits per heavy atom. The van der Waals surface area contributed by atoms with E-state index in [-0.39, 0.29) is 12.4 Å². The molecule has 1 aromatic rings. The van der Waals surface area contributed by atoms with E-state index in [0.29, 0.717) is 18.4 Å². The number of piperidine rings is 2. The number of nitrogens with zero attached hydrogens (tertiary/aromatic N) is 2. The third-order valence-corrected chi connectivity index (χ3v) is 5.22. The quantitative estimate of drug-likeness (QED) is 0.557. The third-order valence-electron chi connectivity index (χ3n) is 5.22. The predicted molar refractivity (Wildman–Crippen MR) is 111 cm³/mol. The molecule has 1 aliphatic carbocycles. The van der Waals surface area contributed by atoms with Crippen molar-refractivity contribution >= 4 is 17.8 Å². The predicted octanol–water partition coefficient (Wildman–Crippen LogP) is 3.14. The summed E-state index contributed by atoms with van der Waals surface area (Å²) in [4.78, 5) is 42.4. The molecule has 0 unspecified atom stereocenters. The summed E-state index contributed by atoms with van der Waals surface area (Å²) in [5, 5.41) is 0. The van der Waals surface area contributed by atoms with Crippen LogP contribution in [0.2, 0.25) is 0 Å². The molecule has 7 heteroatoms. The van der Waals surface area contributed by atoms with E-state index in [1.165, 1.54) is 4.90 Å². The number of fused-ring (bicyclic) bond motifs is 3. The standard InChI is InChI=1S/C23H30N2O5/c1-23(2,3)30-22(28)25-18-12-11-16(20(26)17(18)13-24(4)5)19(25)21(27)29-14-15-9-7-6-8-10-15/h6-10,13,16,18-19H,11-12,14H2,1-5H3/b17-13+/t16-,18-,19+/m0/s1. The van der Waals surface area contributed by atoms with Crippen molar-refractivity contribution in [3.63, 3.8) is 0 Å². The van der Waals surface area contributed by atoms with Crippen LogP contribution in [0.25, 0.3) is 0 Å². The normalized spacial score (nSPS) is 24.7. The highest BCUT2D eigenvalue weighted by Gasteiger charge is 2.56. The molecule has 2 aliphatic heterocycles. The second-order valence-electron chi connectivity index (χ2n) is 9.04. The fourth-order valence-corrected chi connectivity index (χ4v) is 4.06. The molecule has 1 amide bonds. The lowest BCUT2D eigenvalue weighted by Crippen LogP contribution is -2.65. The van der Waals surface area contributed by atoms with E-state index in [1.807, 2.05) is 44.4 Å². The van der Waals surface area contributed by atoms with Gasteiger partial charge in [0.15, 0.2) is 5.78 Å². The monoisotopic (exact) mass is 414 g/mol. The Hall–Kier alpha value is -2.83. The molecular formula is C23H30N2O5. The van der Waals surface area contributed by atoms with Crippen molar-refractivity contribution in [3.05, 3.63) is 47.7 Å². The molecule has 4 rings (SSSR count). The number of hydrogen-bond donors (Lipinski definition) is 0. The molecule has 2 heterocycles. The number of benzene rings is 1. The summed E-state index contributed by atoms with van der Waals surface area (Å²) >= 11 is 0. The summed E-state index contributed by atoms with van der Waals surface area (Å²) in [7, 11) is 3.65. The van der Waals surface area contributed by atoms with Gasteiger partial charge in [-0.3, -0.25) is 9.69 Å². The summed E-state index contributed by atoms with van der Waals surface area (Å²) < 4.78 is 11.1. The van der Waals surface area contributed by atoms with Crippen molar-refractivity contribution in [1.29, 1.82) is 0 Å².